The highest BCUT2D eigenvalue weighted by Gasteiger charge is 2.23. The number of ether oxygens (including phenoxy) is 1. The quantitative estimate of drug-likeness (QED) is 0.407. The third-order valence-corrected chi connectivity index (χ3v) is 6.06. The van der Waals surface area contributed by atoms with Crippen LogP contribution in [0.15, 0.2) is 60.7 Å². The number of carbonyl (C=O) groups excluding carboxylic acids is 1. The van der Waals surface area contributed by atoms with Crippen LogP contribution in [0.25, 0.3) is 16.9 Å². The molecule has 186 valence electrons. The van der Waals surface area contributed by atoms with Crippen molar-refractivity contribution in [1.29, 1.82) is 0 Å². The van der Waals surface area contributed by atoms with Crippen molar-refractivity contribution in [3.05, 3.63) is 72.1 Å². The highest BCUT2D eigenvalue weighted by atomic mass is 16.6. The topological polar surface area (TPSA) is 100 Å². The summed E-state index contributed by atoms with van der Waals surface area (Å²) in [5, 5.41) is 5.48. The summed E-state index contributed by atoms with van der Waals surface area (Å²) in [6.45, 7) is 7.16. The summed E-state index contributed by atoms with van der Waals surface area (Å²) in [5.41, 5.74) is 6.91. The molecule has 5 rings (SSSR count). The normalized spacial score (nSPS) is 14.1. The molecule has 0 radical (unpaired) electrons. The van der Waals surface area contributed by atoms with Gasteiger partial charge >= 0.3 is 6.09 Å². The maximum absolute atomic E-state index is 12.0. The first-order valence-electron chi connectivity index (χ1n) is 12.2. The maximum Gasteiger partial charge on any atom is 0.409 e. The lowest BCUT2D eigenvalue weighted by atomic mass is 10.2. The molecule has 10 heteroatoms. The van der Waals surface area contributed by atoms with Crippen LogP contribution >= 0.6 is 0 Å². The SMILES string of the molecule is CCOC(=O)N1CCN(Nc2nc(NCc3ccccc3)c3nc(C)n(-c4ccccc4)c3n2)CC1. The summed E-state index contributed by atoms with van der Waals surface area (Å²) < 4.78 is 7.16. The van der Waals surface area contributed by atoms with Crippen molar-refractivity contribution in [3.8, 4) is 5.69 Å². The summed E-state index contributed by atoms with van der Waals surface area (Å²) >= 11 is 0. The van der Waals surface area contributed by atoms with Gasteiger partial charge in [0.25, 0.3) is 0 Å². The predicted octanol–water partition coefficient (Wildman–Crippen LogP) is 3.84. The van der Waals surface area contributed by atoms with Gasteiger partial charge in [0.15, 0.2) is 17.0 Å². The number of amides is 1. The molecule has 0 saturated carbocycles. The number of piperazine rings is 1. The highest BCUT2D eigenvalue weighted by molar-refractivity contribution is 5.86. The Labute approximate surface area is 209 Å². The number of hydrazine groups is 1. The monoisotopic (exact) mass is 486 g/mol. The largest absolute Gasteiger partial charge is 0.450 e. The fourth-order valence-corrected chi connectivity index (χ4v) is 4.27. The van der Waals surface area contributed by atoms with E-state index in [0.717, 1.165) is 22.7 Å². The number of fused-ring (bicyclic) bond motifs is 1. The zero-order chi connectivity index (χ0) is 24.9. The fourth-order valence-electron chi connectivity index (χ4n) is 4.27. The summed E-state index contributed by atoms with van der Waals surface area (Å²) in [6, 6.07) is 20.2. The Bertz CT molecular complexity index is 1320. The van der Waals surface area contributed by atoms with Gasteiger partial charge in [0.1, 0.15) is 5.82 Å². The molecule has 1 aliphatic heterocycles. The molecule has 1 fully saturated rings. The van der Waals surface area contributed by atoms with E-state index in [0.29, 0.717) is 56.6 Å². The van der Waals surface area contributed by atoms with Crippen molar-refractivity contribution in [3.63, 3.8) is 0 Å². The molecular weight excluding hydrogens is 456 g/mol. The second kappa shape index (κ2) is 10.6. The molecule has 1 saturated heterocycles. The van der Waals surface area contributed by atoms with E-state index in [2.05, 4.69) is 22.9 Å². The van der Waals surface area contributed by atoms with E-state index in [4.69, 9.17) is 19.7 Å². The summed E-state index contributed by atoms with van der Waals surface area (Å²) in [4.78, 5) is 28.2. The summed E-state index contributed by atoms with van der Waals surface area (Å²) in [6.07, 6.45) is -0.274. The Morgan fingerprint density at radius 1 is 0.944 bits per heavy atom. The number of rotatable bonds is 7. The van der Waals surface area contributed by atoms with Gasteiger partial charge in [-0.15, -0.1) is 0 Å². The molecule has 0 bridgehead atoms. The maximum atomic E-state index is 12.0. The molecule has 4 aromatic rings. The van der Waals surface area contributed by atoms with Crippen LogP contribution in [-0.4, -0.2) is 68.3 Å². The zero-order valence-corrected chi connectivity index (χ0v) is 20.5. The molecule has 0 spiro atoms. The number of anilines is 2. The highest BCUT2D eigenvalue weighted by Crippen LogP contribution is 2.26. The average molecular weight is 487 g/mol. The van der Waals surface area contributed by atoms with E-state index >= 15 is 0 Å². The second-order valence-electron chi connectivity index (χ2n) is 8.52. The van der Waals surface area contributed by atoms with Gasteiger partial charge in [-0.05, 0) is 31.5 Å². The predicted molar refractivity (Wildman–Crippen MR) is 139 cm³/mol. The zero-order valence-electron chi connectivity index (χ0n) is 20.5. The smallest absolute Gasteiger partial charge is 0.409 e. The van der Waals surface area contributed by atoms with Gasteiger partial charge in [-0.1, -0.05) is 48.5 Å². The number of hydrogen-bond acceptors (Lipinski definition) is 8. The van der Waals surface area contributed by atoms with Crippen LogP contribution in [0, 0.1) is 6.92 Å². The van der Waals surface area contributed by atoms with Crippen molar-refractivity contribution in [2.75, 3.05) is 43.5 Å². The van der Waals surface area contributed by atoms with E-state index in [1.165, 1.54) is 0 Å². The molecule has 2 aromatic heterocycles. The Balaban J connectivity index is 1.44. The molecule has 2 N–H and O–H groups in total. The van der Waals surface area contributed by atoms with Crippen molar-refractivity contribution in [2.24, 2.45) is 0 Å². The molecule has 0 unspecified atom stereocenters. The number of aryl methyl sites for hydroxylation is 1. The Kier molecular flexibility index (Phi) is 6.94. The van der Waals surface area contributed by atoms with E-state index in [1.54, 1.807) is 4.90 Å². The first-order chi connectivity index (χ1) is 17.6. The number of hydrogen-bond donors (Lipinski definition) is 2. The molecule has 0 aliphatic carbocycles. The Morgan fingerprint density at radius 2 is 1.64 bits per heavy atom. The lowest BCUT2D eigenvalue weighted by Gasteiger charge is -2.33. The number of imidazole rings is 1. The summed E-state index contributed by atoms with van der Waals surface area (Å²) in [5.74, 6) is 1.96. The molecule has 0 atom stereocenters. The van der Waals surface area contributed by atoms with Crippen LogP contribution in [0.4, 0.5) is 16.6 Å². The van der Waals surface area contributed by atoms with Gasteiger partial charge in [-0.2, -0.15) is 9.97 Å². The van der Waals surface area contributed by atoms with Gasteiger partial charge in [0.05, 0.1) is 6.61 Å². The molecule has 1 amide bonds. The minimum atomic E-state index is -0.274. The van der Waals surface area contributed by atoms with Crippen LogP contribution in [-0.2, 0) is 11.3 Å². The van der Waals surface area contributed by atoms with Crippen LogP contribution in [0.5, 0.6) is 0 Å². The minimum absolute atomic E-state index is 0.274. The van der Waals surface area contributed by atoms with Crippen molar-refractivity contribution in [1.82, 2.24) is 29.4 Å². The number of aromatic nitrogens is 4. The second-order valence-corrected chi connectivity index (χ2v) is 8.52. The number of carbonyl (C=O) groups is 1. The van der Waals surface area contributed by atoms with E-state index < -0.39 is 0 Å². The van der Waals surface area contributed by atoms with Crippen molar-refractivity contribution in [2.45, 2.75) is 20.4 Å². The van der Waals surface area contributed by atoms with Gasteiger partial charge in [-0.3, -0.25) is 9.99 Å². The van der Waals surface area contributed by atoms with Crippen molar-refractivity contribution < 1.29 is 9.53 Å². The van der Waals surface area contributed by atoms with Crippen LogP contribution in [0.1, 0.15) is 18.3 Å². The molecule has 3 heterocycles. The van der Waals surface area contributed by atoms with Gasteiger partial charge in [0, 0.05) is 38.4 Å². The lowest BCUT2D eigenvalue weighted by molar-refractivity contribution is 0.0851. The van der Waals surface area contributed by atoms with E-state index in [9.17, 15) is 4.79 Å². The number of nitrogens with zero attached hydrogens (tertiary/aromatic N) is 6. The number of nitrogens with one attached hydrogen (secondary N) is 2. The lowest BCUT2D eigenvalue weighted by Crippen LogP contribution is -2.50. The standard InChI is InChI=1S/C26H30N8O2/c1-3-36-26(35)32-14-16-33(17-15-32)31-25-29-23(27-18-20-10-6-4-7-11-20)22-24(30-25)34(19(2)28-22)21-12-8-5-9-13-21/h4-13H,3,14-18H2,1-2H3,(H2,27,29,30,31). The van der Waals surface area contributed by atoms with Gasteiger partial charge in [0.2, 0.25) is 5.95 Å². The fraction of sp³-hybridized carbons (Fsp3) is 0.308. The van der Waals surface area contributed by atoms with Crippen LogP contribution in [0.3, 0.4) is 0 Å². The van der Waals surface area contributed by atoms with Gasteiger partial charge < -0.3 is 15.0 Å². The van der Waals surface area contributed by atoms with Crippen molar-refractivity contribution >= 4 is 29.0 Å². The Hall–Kier alpha value is -4.18. The molecule has 1 aliphatic rings. The molecule has 10 nitrogen and oxygen atoms in total. The third-order valence-electron chi connectivity index (χ3n) is 6.06. The van der Waals surface area contributed by atoms with Gasteiger partial charge in [-0.25, -0.2) is 14.8 Å². The first kappa shape index (κ1) is 23.6. The average Bonchev–Trinajstić information content (AvgIpc) is 3.24. The van der Waals surface area contributed by atoms with E-state index in [1.807, 2.05) is 72.0 Å². The molecule has 36 heavy (non-hydrogen) atoms. The van der Waals surface area contributed by atoms with Crippen LogP contribution < -0.4 is 10.7 Å². The minimum Gasteiger partial charge on any atom is -0.450 e. The summed E-state index contributed by atoms with van der Waals surface area (Å²) in [7, 11) is 0. The third kappa shape index (κ3) is 5.08. The van der Waals surface area contributed by atoms with E-state index in [-0.39, 0.29) is 6.09 Å². The number of para-hydroxylation sites is 1. The van der Waals surface area contributed by atoms with Crippen LogP contribution in [0.2, 0.25) is 0 Å². The molecular formula is C26H30N8O2. The first-order valence-corrected chi connectivity index (χ1v) is 12.2. The Morgan fingerprint density at radius 3 is 2.33 bits per heavy atom. The molecule has 2 aromatic carbocycles. The number of benzene rings is 2.